The minimum absolute atomic E-state index is 0.0516. The molecule has 0 radical (unpaired) electrons. The number of fused-ring (bicyclic) bond motifs is 8. The second-order valence-electron chi connectivity index (χ2n) is 11.9. The highest BCUT2D eigenvalue weighted by molar-refractivity contribution is 6.08. The van der Waals surface area contributed by atoms with Crippen LogP contribution >= 0.6 is 0 Å². The zero-order chi connectivity index (χ0) is 30.3. The lowest BCUT2D eigenvalue weighted by Gasteiger charge is -2.39. The number of benzene rings is 5. The Hall–Kier alpha value is -4.38. The van der Waals surface area contributed by atoms with Crippen LogP contribution in [0.1, 0.15) is 60.1 Å². The second kappa shape index (κ2) is 11.3. The van der Waals surface area contributed by atoms with E-state index in [-0.39, 0.29) is 13.2 Å². The van der Waals surface area contributed by atoms with Crippen molar-refractivity contribution in [3.8, 4) is 22.6 Å². The lowest BCUT2D eigenvalue weighted by molar-refractivity contribution is -0.0188. The van der Waals surface area contributed by atoms with Gasteiger partial charge in [0.25, 0.3) is 0 Å². The third-order valence-electron chi connectivity index (χ3n) is 9.34. The van der Waals surface area contributed by atoms with Crippen molar-refractivity contribution in [2.24, 2.45) is 0 Å². The monoisotopic (exact) mass is 582 g/mol. The van der Waals surface area contributed by atoms with Gasteiger partial charge in [-0.05, 0) is 65.6 Å². The Balaban J connectivity index is 1.48. The van der Waals surface area contributed by atoms with Gasteiger partial charge in [0.05, 0.1) is 20.3 Å². The van der Waals surface area contributed by atoms with Crippen molar-refractivity contribution in [3.63, 3.8) is 0 Å². The van der Waals surface area contributed by atoms with Crippen molar-refractivity contribution in [1.29, 1.82) is 0 Å². The number of aliphatic hydroxyl groups is 1. The van der Waals surface area contributed by atoms with Crippen LogP contribution in [0.5, 0.6) is 11.5 Å². The Morgan fingerprint density at radius 2 is 1.50 bits per heavy atom. The number of aliphatic hydroxyl groups excluding tert-OH is 1. The number of methoxy groups -OCH3 is 1. The standard InChI is InChI=1S/C40H38O4/c1-4-5-10-27-15-17-28(18-16-27)40(29-19-21-30(42-3)22-20-29)24-23-34-37-36(31-11-6-7-12-32(31)38(34)44-40)33-13-8-9-14-35(33)39(37,2)43-26-25-41/h6-9,11-24,41H,4-5,10,25-26H2,1-3H3. The molecule has 2 atom stereocenters. The number of aryl methyl sites for hydroxylation is 1. The molecule has 0 spiro atoms. The summed E-state index contributed by atoms with van der Waals surface area (Å²) in [5.74, 6) is 1.64. The van der Waals surface area contributed by atoms with Crippen molar-refractivity contribution < 1.29 is 19.3 Å². The van der Waals surface area contributed by atoms with E-state index in [0.717, 1.165) is 62.1 Å². The van der Waals surface area contributed by atoms with Crippen molar-refractivity contribution in [3.05, 3.63) is 137 Å². The van der Waals surface area contributed by atoms with Crippen LogP contribution in [0.3, 0.4) is 0 Å². The van der Waals surface area contributed by atoms with Crippen LogP contribution in [0.15, 0.2) is 103 Å². The first kappa shape index (κ1) is 28.4. The van der Waals surface area contributed by atoms with Gasteiger partial charge in [0.15, 0.2) is 5.60 Å². The Labute approximate surface area is 259 Å². The Morgan fingerprint density at radius 1 is 0.818 bits per heavy atom. The van der Waals surface area contributed by atoms with E-state index in [1.165, 1.54) is 24.0 Å². The summed E-state index contributed by atoms with van der Waals surface area (Å²) >= 11 is 0. The van der Waals surface area contributed by atoms with Crippen LogP contribution in [0.2, 0.25) is 0 Å². The minimum atomic E-state index is -0.854. The summed E-state index contributed by atoms with van der Waals surface area (Å²) in [6.45, 7) is 4.53. The van der Waals surface area contributed by atoms with Gasteiger partial charge in [-0.3, -0.25) is 0 Å². The summed E-state index contributed by atoms with van der Waals surface area (Å²) < 4.78 is 19.4. The molecule has 2 aliphatic rings. The summed E-state index contributed by atoms with van der Waals surface area (Å²) in [6, 6.07) is 34.1. The predicted octanol–water partition coefficient (Wildman–Crippen LogP) is 8.79. The summed E-state index contributed by atoms with van der Waals surface area (Å²) in [7, 11) is 1.69. The number of rotatable bonds is 9. The molecule has 5 aromatic carbocycles. The lowest BCUT2D eigenvalue weighted by atomic mass is 9.80. The van der Waals surface area contributed by atoms with Gasteiger partial charge in [-0.2, -0.15) is 0 Å². The fourth-order valence-electron chi connectivity index (χ4n) is 7.13. The average Bonchev–Trinajstić information content (AvgIpc) is 3.35. The van der Waals surface area contributed by atoms with Crippen molar-refractivity contribution in [2.75, 3.05) is 20.3 Å². The topological polar surface area (TPSA) is 47.9 Å². The summed E-state index contributed by atoms with van der Waals surface area (Å²) in [5.41, 5.74) is 7.33. The first-order valence-corrected chi connectivity index (χ1v) is 15.6. The van der Waals surface area contributed by atoms with Gasteiger partial charge >= 0.3 is 0 Å². The smallest absolute Gasteiger partial charge is 0.178 e. The molecule has 0 saturated heterocycles. The zero-order valence-corrected chi connectivity index (χ0v) is 25.6. The molecule has 7 rings (SSSR count). The molecule has 0 amide bonds. The molecule has 2 unspecified atom stereocenters. The molecule has 0 bridgehead atoms. The van der Waals surface area contributed by atoms with E-state index in [1.54, 1.807) is 7.11 Å². The molecule has 1 heterocycles. The van der Waals surface area contributed by atoms with Crippen LogP contribution in [0.25, 0.3) is 28.0 Å². The van der Waals surface area contributed by atoms with Gasteiger partial charge < -0.3 is 19.3 Å². The fourth-order valence-corrected chi connectivity index (χ4v) is 7.13. The quantitative estimate of drug-likeness (QED) is 0.189. The molecule has 1 N–H and O–H groups in total. The van der Waals surface area contributed by atoms with E-state index < -0.39 is 11.2 Å². The second-order valence-corrected chi connectivity index (χ2v) is 11.9. The molecule has 0 saturated carbocycles. The molecule has 1 aliphatic heterocycles. The minimum Gasteiger partial charge on any atom is -0.497 e. The molecular formula is C40H38O4. The van der Waals surface area contributed by atoms with E-state index in [2.05, 4.69) is 111 Å². The molecule has 0 aromatic heterocycles. The Morgan fingerprint density at radius 3 is 2.20 bits per heavy atom. The number of unbranched alkanes of at least 4 members (excludes halogenated alkanes) is 1. The highest BCUT2D eigenvalue weighted by Crippen LogP contribution is 2.58. The fraction of sp³-hybridized carbons (Fsp3) is 0.250. The lowest BCUT2D eigenvalue weighted by Crippen LogP contribution is -2.35. The van der Waals surface area contributed by atoms with E-state index in [4.69, 9.17) is 14.2 Å². The molecule has 4 nitrogen and oxygen atoms in total. The van der Waals surface area contributed by atoms with Gasteiger partial charge in [-0.25, -0.2) is 0 Å². The first-order valence-electron chi connectivity index (χ1n) is 15.6. The van der Waals surface area contributed by atoms with Gasteiger partial charge in [-0.15, -0.1) is 0 Å². The molecule has 0 fully saturated rings. The maximum atomic E-state index is 9.80. The number of hydrogen-bond acceptors (Lipinski definition) is 4. The first-order chi connectivity index (χ1) is 21.5. The van der Waals surface area contributed by atoms with E-state index >= 15 is 0 Å². The SMILES string of the molecule is CCCCc1ccc(C2(c3ccc(OC)cc3)C=Cc3c4c(c5ccccc5c3O2)-c2ccccc2C4(C)OCCO)cc1. The normalized spacial score (nSPS) is 19.7. The van der Waals surface area contributed by atoms with Gasteiger partial charge in [0, 0.05) is 27.6 Å². The maximum Gasteiger partial charge on any atom is 0.178 e. The highest BCUT2D eigenvalue weighted by atomic mass is 16.5. The Bertz CT molecular complexity index is 1850. The molecule has 5 aromatic rings. The van der Waals surface area contributed by atoms with Crippen LogP contribution < -0.4 is 9.47 Å². The third-order valence-corrected chi connectivity index (χ3v) is 9.34. The molecule has 1 aliphatic carbocycles. The molecule has 44 heavy (non-hydrogen) atoms. The van der Waals surface area contributed by atoms with E-state index in [0.29, 0.717) is 0 Å². The van der Waals surface area contributed by atoms with Crippen molar-refractivity contribution in [2.45, 2.75) is 44.3 Å². The zero-order valence-electron chi connectivity index (χ0n) is 25.6. The van der Waals surface area contributed by atoms with Crippen LogP contribution in [0.4, 0.5) is 0 Å². The van der Waals surface area contributed by atoms with Gasteiger partial charge in [0.2, 0.25) is 0 Å². The number of ether oxygens (including phenoxy) is 3. The Kier molecular flexibility index (Phi) is 7.28. The largest absolute Gasteiger partial charge is 0.497 e. The molecule has 4 heteroatoms. The molecule has 222 valence electrons. The third kappa shape index (κ3) is 4.36. The van der Waals surface area contributed by atoms with Gasteiger partial charge in [0.1, 0.15) is 17.1 Å². The van der Waals surface area contributed by atoms with E-state index in [9.17, 15) is 5.11 Å². The van der Waals surface area contributed by atoms with Crippen LogP contribution in [-0.4, -0.2) is 25.4 Å². The number of hydrogen-bond donors (Lipinski definition) is 1. The van der Waals surface area contributed by atoms with Crippen molar-refractivity contribution >= 4 is 16.8 Å². The predicted molar refractivity (Wildman–Crippen MR) is 177 cm³/mol. The van der Waals surface area contributed by atoms with Crippen LogP contribution in [-0.2, 0) is 22.4 Å². The maximum absolute atomic E-state index is 9.80. The summed E-state index contributed by atoms with van der Waals surface area (Å²) in [5, 5.41) is 12.0. The van der Waals surface area contributed by atoms with Crippen molar-refractivity contribution in [1.82, 2.24) is 0 Å². The summed E-state index contributed by atoms with van der Waals surface area (Å²) in [4.78, 5) is 0. The van der Waals surface area contributed by atoms with Gasteiger partial charge in [-0.1, -0.05) is 104 Å². The average molecular weight is 583 g/mol. The van der Waals surface area contributed by atoms with Crippen LogP contribution in [0, 0.1) is 0 Å². The summed E-state index contributed by atoms with van der Waals surface area (Å²) in [6.07, 6.45) is 7.83. The van der Waals surface area contributed by atoms with E-state index in [1.807, 2.05) is 12.1 Å². The molecular weight excluding hydrogens is 544 g/mol. The highest BCUT2D eigenvalue weighted by Gasteiger charge is 2.46.